The van der Waals surface area contributed by atoms with Crippen LogP contribution in [0.2, 0.25) is 0 Å². The Bertz CT molecular complexity index is 718. The van der Waals surface area contributed by atoms with Crippen LogP contribution in [0.15, 0.2) is 33.7 Å². The summed E-state index contributed by atoms with van der Waals surface area (Å²) in [4.78, 5) is 8.98. The first kappa shape index (κ1) is 22.5. The number of hydrogen-bond acceptors (Lipinski definition) is 3. The lowest BCUT2D eigenvalue weighted by Crippen LogP contribution is -2.43. The zero-order chi connectivity index (χ0) is 18.4. The van der Waals surface area contributed by atoms with Gasteiger partial charge in [0.25, 0.3) is 0 Å². The van der Waals surface area contributed by atoms with E-state index in [-0.39, 0.29) is 29.4 Å². The molecule has 1 heterocycles. The molecule has 26 heavy (non-hydrogen) atoms. The van der Waals surface area contributed by atoms with Crippen LogP contribution < -0.4 is 10.6 Å². The Kier molecular flexibility index (Phi) is 8.59. The van der Waals surface area contributed by atoms with Gasteiger partial charge in [-0.25, -0.2) is 9.98 Å². The van der Waals surface area contributed by atoms with Gasteiger partial charge in [0, 0.05) is 18.5 Å². The molecule has 0 atom stereocenters. The summed E-state index contributed by atoms with van der Waals surface area (Å²) in [5.41, 5.74) is 3.57. The van der Waals surface area contributed by atoms with E-state index in [0.29, 0.717) is 12.4 Å². The number of hydrogen-bond donors (Lipinski definition) is 2. The van der Waals surface area contributed by atoms with Gasteiger partial charge >= 0.3 is 0 Å². The molecule has 2 aromatic rings. The molecule has 0 bridgehead atoms. The molecule has 0 aliphatic carbocycles. The molecule has 0 amide bonds. The average molecular weight is 470 g/mol. The Morgan fingerprint density at radius 2 is 1.85 bits per heavy atom. The highest BCUT2D eigenvalue weighted by atomic mass is 127. The summed E-state index contributed by atoms with van der Waals surface area (Å²) < 4.78 is 5.60. The highest BCUT2D eigenvalue weighted by Crippen LogP contribution is 2.25. The van der Waals surface area contributed by atoms with Crippen molar-refractivity contribution in [2.45, 2.75) is 53.5 Å². The van der Waals surface area contributed by atoms with Crippen LogP contribution in [-0.4, -0.2) is 24.0 Å². The number of guanidine groups is 1. The smallest absolute Gasteiger partial charge is 0.216 e. The minimum atomic E-state index is -0.00234. The number of aryl methyl sites for hydroxylation is 3. The highest BCUT2D eigenvalue weighted by molar-refractivity contribution is 14.0. The van der Waals surface area contributed by atoms with Crippen LogP contribution in [0.5, 0.6) is 0 Å². The fraction of sp³-hybridized carbons (Fsp3) is 0.500. The van der Waals surface area contributed by atoms with Crippen molar-refractivity contribution in [3.05, 3.63) is 52.7 Å². The van der Waals surface area contributed by atoms with Gasteiger partial charge in [0.1, 0.15) is 12.3 Å². The number of oxazole rings is 1. The van der Waals surface area contributed by atoms with Crippen LogP contribution in [0.25, 0.3) is 0 Å². The topological polar surface area (TPSA) is 62.5 Å². The third-order valence-corrected chi connectivity index (χ3v) is 4.36. The van der Waals surface area contributed by atoms with Crippen LogP contribution in [-0.2, 0) is 12.0 Å². The van der Waals surface area contributed by atoms with E-state index >= 15 is 0 Å². The second kappa shape index (κ2) is 9.94. The van der Waals surface area contributed by atoms with Crippen molar-refractivity contribution in [3.63, 3.8) is 0 Å². The van der Waals surface area contributed by atoms with E-state index in [0.717, 1.165) is 30.5 Å². The maximum Gasteiger partial charge on any atom is 0.216 e. The average Bonchev–Trinajstić information content (AvgIpc) is 2.88. The Labute approximate surface area is 174 Å². The van der Waals surface area contributed by atoms with Gasteiger partial charge in [-0.15, -0.1) is 24.0 Å². The molecule has 1 aromatic heterocycles. The van der Waals surface area contributed by atoms with Crippen LogP contribution >= 0.6 is 24.0 Å². The van der Waals surface area contributed by atoms with Gasteiger partial charge < -0.3 is 15.1 Å². The number of nitrogens with zero attached hydrogens (tertiary/aromatic N) is 2. The minimum Gasteiger partial charge on any atom is -0.444 e. The Morgan fingerprint density at radius 3 is 2.42 bits per heavy atom. The molecule has 5 nitrogen and oxygen atoms in total. The largest absolute Gasteiger partial charge is 0.444 e. The van der Waals surface area contributed by atoms with E-state index < -0.39 is 0 Å². The lowest BCUT2D eigenvalue weighted by molar-refractivity contribution is 0.471. The predicted molar refractivity (Wildman–Crippen MR) is 118 cm³/mol. The fourth-order valence-corrected chi connectivity index (χ4v) is 2.83. The molecular formula is C20H31IN4O. The monoisotopic (exact) mass is 470 g/mol. The second-order valence-corrected chi connectivity index (χ2v) is 7.00. The third kappa shape index (κ3) is 6.00. The molecule has 0 radical (unpaired) electrons. The molecule has 0 fully saturated rings. The van der Waals surface area contributed by atoms with Crippen molar-refractivity contribution < 1.29 is 4.42 Å². The number of aromatic nitrogens is 1. The normalized spacial score (nSPS) is 11.8. The van der Waals surface area contributed by atoms with E-state index in [1.807, 2.05) is 13.8 Å². The molecule has 144 valence electrons. The molecule has 1 aromatic carbocycles. The molecule has 2 rings (SSSR count). The van der Waals surface area contributed by atoms with Crippen LogP contribution in [0.4, 0.5) is 0 Å². The summed E-state index contributed by atoms with van der Waals surface area (Å²) in [6.45, 7) is 14.6. The van der Waals surface area contributed by atoms with Crippen molar-refractivity contribution in [1.29, 1.82) is 0 Å². The van der Waals surface area contributed by atoms with Crippen molar-refractivity contribution in [3.8, 4) is 0 Å². The zero-order valence-corrected chi connectivity index (χ0v) is 19.0. The molecular weight excluding hydrogens is 439 g/mol. The quantitative estimate of drug-likeness (QED) is 0.377. The molecule has 0 aliphatic rings. The Balaban J connectivity index is 0.00000338. The standard InChI is InChI=1S/C20H30N4O.HI/c1-7-21-19(22-12-18-24-15(3)16(4)25-18)23-13-20(5,6)17-11-9-8-10-14(17)2;/h8-11H,7,12-13H2,1-6H3,(H2,21,22,23);1H. The first-order valence-corrected chi connectivity index (χ1v) is 8.84. The summed E-state index contributed by atoms with van der Waals surface area (Å²) in [6, 6.07) is 8.52. The molecule has 2 N–H and O–H groups in total. The van der Waals surface area contributed by atoms with Crippen LogP contribution in [0, 0.1) is 20.8 Å². The summed E-state index contributed by atoms with van der Waals surface area (Å²) in [7, 11) is 0. The van der Waals surface area contributed by atoms with Crippen molar-refractivity contribution in [2.75, 3.05) is 13.1 Å². The first-order valence-electron chi connectivity index (χ1n) is 8.84. The van der Waals surface area contributed by atoms with E-state index in [1.165, 1.54) is 11.1 Å². The van der Waals surface area contributed by atoms with E-state index in [9.17, 15) is 0 Å². The summed E-state index contributed by atoms with van der Waals surface area (Å²) in [6.07, 6.45) is 0. The van der Waals surface area contributed by atoms with Crippen LogP contribution in [0.1, 0.15) is 49.2 Å². The maximum atomic E-state index is 5.60. The van der Waals surface area contributed by atoms with Crippen LogP contribution in [0.3, 0.4) is 0 Å². The van der Waals surface area contributed by atoms with Gasteiger partial charge in [0.15, 0.2) is 5.96 Å². The van der Waals surface area contributed by atoms with E-state index in [4.69, 9.17) is 4.42 Å². The lowest BCUT2D eigenvalue weighted by Gasteiger charge is -2.28. The zero-order valence-electron chi connectivity index (χ0n) is 16.6. The van der Waals surface area contributed by atoms with E-state index in [2.05, 4.69) is 72.6 Å². The molecule has 6 heteroatoms. The molecule has 0 spiro atoms. The van der Waals surface area contributed by atoms with Gasteiger partial charge in [0.2, 0.25) is 5.89 Å². The second-order valence-electron chi connectivity index (χ2n) is 7.00. The van der Waals surface area contributed by atoms with Crippen molar-refractivity contribution >= 4 is 29.9 Å². The van der Waals surface area contributed by atoms with Crippen molar-refractivity contribution in [2.24, 2.45) is 4.99 Å². The van der Waals surface area contributed by atoms with Gasteiger partial charge in [0.05, 0.1) is 5.69 Å². The number of halogens is 1. The minimum absolute atomic E-state index is 0. The summed E-state index contributed by atoms with van der Waals surface area (Å²) >= 11 is 0. The molecule has 0 saturated carbocycles. The van der Waals surface area contributed by atoms with Gasteiger partial charge in [-0.2, -0.15) is 0 Å². The SMILES string of the molecule is CCNC(=NCc1nc(C)c(C)o1)NCC(C)(C)c1ccccc1C.I. The summed E-state index contributed by atoms with van der Waals surface area (Å²) in [5.74, 6) is 2.27. The molecule has 0 aliphatic heterocycles. The number of aliphatic imine (C=N–C) groups is 1. The summed E-state index contributed by atoms with van der Waals surface area (Å²) in [5, 5.41) is 6.73. The highest BCUT2D eigenvalue weighted by Gasteiger charge is 2.22. The van der Waals surface area contributed by atoms with Gasteiger partial charge in [-0.3, -0.25) is 0 Å². The predicted octanol–water partition coefficient (Wildman–Crippen LogP) is 4.25. The maximum absolute atomic E-state index is 5.60. The van der Waals surface area contributed by atoms with Gasteiger partial charge in [-0.1, -0.05) is 38.1 Å². The lowest BCUT2D eigenvalue weighted by atomic mass is 9.82. The van der Waals surface area contributed by atoms with Gasteiger partial charge in [-0.05, 0) is 38.8 Å². The fourth-order valence-electron chi connectivity index (χ4n) is 2.83. The van der Waals surface area contributed by atoms with Crippen molar-refractivity contribution in [1.82, 2.24) is 15.6 Å². The first-order chi connectivity index (χ1) is 11.8. The molecule has 0 unspecified atom stereocenters. The Hall–Kier alpha value is -1.57. The number of nitrogens with one attached hydrogen (secondary N) is 2. The molecule has 0 saturated heterocycles. The third-order valence-electron chi connectivity index (χ3n) is 4.36. The Morgan fingerprint density at radius 1 is 1.15 bits per heavy atom. The van der Waals surface area contributed by atoms with E-state index in [1.54, 1.807) is 0 Å². The number of benzene rings is 1. The number of rotatable bonds is 6.